The number of aliphatic hydroxyl groups excluding tert-OH is 1. The molecule has 86 valence electrons. The van der Waals surface area contributed by atoms with Crippen LogP contribution >= 0.6 is 0 Å². The maximum atomic E-state index is 9.70. The molecular weight excluding hydrogens is 206 g/mol. The lowest BCUT2D eigenvalue weighted by molar-refractivity contribution is 0.218. The van der Waals surface area contributed by atoms with Crippen LogP contribution in [-0.4, -0.2) is 23.9 Å². The van der Waals surface area contributed by atoms with Crippen molar-refractivity contribution in [2.24, 2.45) is 0 Å². The Bertz CT molecular complexity index is 433. The molecule has 0 fully saturated rings. The van der Waals surface area contributed by atoms with Crippen molar-refractivity contribution in [2.75, 3.05) is 13.7 Å². The zero-order chi connectivity index (χ0) is 12.3. The van der Waals surface area contributed by atoms with Gasteiger partial charge in [-0.2, -0.15) is 5.26 Å². The Morgan fingerprint density at radius 1 is 1.44 bits per heavy atom. The van der Waals surface area contributed by atoms with Gasteiger partial charge in [0.1, 0.15) is 6.07 Å². The minimum Gasteiger partial charge on any atom is -0.504 e. The van der Waals surface area contributed by atoms with Crippen LogP contribution in [0.1, 0.15) is 25.0 Å². The predicted molar refractivity (Wildman–Crippen MR) is 59.5 cm³/mol. The van der Waals surface area contributed by atoms with Crippen molar-refractivity contribution in [3.63, 3.8) is 0 Å². The average molecular weight is 221 g/mol. The van der Waals surface area contributed by atoms with Gasteiger partial charge in [0.25, 0.3) is 0 Å². The molecule has 0 aliphatic carbocycles. The number of ether oxygens (including phenoxy) is 1. The maximum Gasteiger partial charge on any atom is 0.178 e. The quantitative estimate of drug-likeness (QED) is 0.812. The molecule has 0 aromatic heterocycles. The van der Waals surface area contributed by atoms with E-state index in [1.807, 2.05) is 19.9 Å². The van der Waals surface area contributed by atoms with E-state index in [2.05, 4.69) is 0 Å². The van der Waals surface area contributed by atoms with Crippen molar-refractivity contribution in [3.8, 4) is 17.6 Å². The Morgan fingerprint density at radius 2 is 2.06 bits per heavy atom. The number of phenolic OH excluding ortho intramolecular Hbond substituents is 1. The fourth-order valence-corrected chi connectivity index (χ4v) is 1.39. The van der Waals surface area contributed by atoms with Crippen molar-refractivity contribution >= 4 is 0 Å². The molecule has 1 rings (SSSR count). The summed E-state index contributed by atoms with van der Waals surface area (Å²) >= 11 is 0. The fraction of sp³-hybridized carbons (Fsp3) is 0.417. The molecule has 0 saturated carbocycles. The topological polar surface area (TPSA) is 73.5 Å². The number of aromatic hydroxyl groups is 1. The molecule has 16 heavy (non-hydrogen) atoms. The van der Waals surface area contributed by atoms with E-state index >= 15 is 0 Å². The zero-order valence-corrected chi connectivity index (χ0v) is 9.61. The monoisotopic (exact) mass is 221 g/mol. The highest BCUT2D eigenvalue weighted by atomic mass is 16.5. The Kier molecular flexibility index (Phi) is 3.41. The van der Waals surface area contributed by atoms with Gasteiger partial charge in [-0.25, -0.2) is 0 Å². The molecule has 0 radical (unpaired) electrons. The number of aliphatic hydroxyl groups is 1. The number of methoxy groups -OCH3 is 1. The number of hydrogen-bond acceptors (Lipinski definition) is 4. The van der Waals surface area contributed by atoms with Crippen LogP contribution < -0.4 is 4.74 Å². The minimum atomic E-state index is -0.505. The molecular formula is C12H15NO3. The number of nitriles is 1. The van der Waals surface area contributed by atoms with Crippen LogP contribution in [0, 0.1) is 11.3 Å². The number of nitrogens with zero attached hydrogens (tertiary/aromatic N) is 1. The summed E-state index contributed by atoms with van der Waals surface area (Å²) in [6.45, 7) is 3.59. The largest absolute Gasteiger partial charge is 0.504 e. The summed E-state index contributed by atoms with van der Waals surface area (Å²) in [5, 5.41) is 27.9. The lowest BCUT2D eigenvalue weighted by Gasteiger charge is -2.23. The molecule has 0 spiro atoms. The van der Waals surface area contributed by atoms with E-state index in [0.717, 1.165) is 0 Å². The third kappa shape index (κ3) is 2.10. The fourth-order valence-electron chi connectivity index (χ4n) is 1.39. The summed E-state index contributed by atoms with van der Waals surface area (Å²) < 4.78 is 4.93. The Balaban J connectivity index is 3.38. The van der Waals surface area contributed by atoms with Gasteiger partial charge in [0, 0.05) is 5.41 Å². The molecule has 0 bridgehead atoms. The second-order valence-corrected chi connectivity index (χ2v) is 4.23. The normalized spacial score (nSPS) is 10.9. The van der Waals surface area contributed by atoms with Gasteiger partial charge in [0.15, 0.2) is 11.5 Å². The number of rotatable bonds is 3. The zero-order valence-electron chi connectivity index (χ0n) is 9.61. The molecule has 4 nitrogen and oxygen atoms in total. The van der Waals surface area contributed by atoms with E-state index in [1.54, 1.807) is 6.07 Å². The highest BCUT2D eigenvalue weighted by molar-refractivity contribution is 5.55. The second-order valence-electron chi connectivity index (χ2n) is 4.23. The molecule has 1 aromatic carbocycles. The molecule has 0 aliphatic heterocycles. The first-order chi connectivity index (χ1) is 7.46. The van der Waals surface area contributed by atoms with E-state index in [1.165, 1.54) is 13.2 Å². The van der Waals surface area contributed by atoms with Crippen molar-refractivity contribution < 1.29 is 14.9 Å². The second kappa shape index (κ2) is 4.42. The van der Waals surface area contributed by atoms with Gasteiger partial charge in [-0.3, -0.25) is 0 Å². The molecule has 0 unspecified atom stereocenters. The Labute approximate surface area is 94.7 Å². The summed E-state index contributed by atoms with van der Waals surface area (Å²) in [5.74, 6) is 0.0815. The Hall–Kier alpha value is -1.73. The summed E-state index contributed by atoms with van der Waals surface area (Å²) in [6, 6.07) is 5.09. The Morgan fingerprint density at radius 3 is 2.50 bits per heavy atom. The van der Waals surface area contributed by atoms with Crippen LogP contribution in [0.15, 0.2) is 12.1 Å². The van der Waals surface area contributed by atoms with E-state index in [0.29, 0.717) is 5.56 Å². The molecule has 0 saturated heterocycles. The van der Waals surface area contributed by atoms with E-state index < -0.39 is 5.41 Å². The van der Waals surface area contributed by atoms with Crippen molar-refractivity contribution in [1.82, 2.24) is 0 Å². The molecule has 2 N–H and O–H groups in total. The molecule has 0 heterocycles. The first-order valence-corrected chi connectivity index (χ1v) is 4.88. The van der Waals surface area contributed by atoms with Gasteiger partial charge in [-0.05, 0) is 17.7 Å². The first-order valence-electron chi connectivity index (χ1n) is 4.88. The lowest BCUT2D eigenvalue weighted by Crippen LogP contribution is -2.22. The maximum absolute atomic E-state index is 9.70. The van der Waals surface area contributed by atoms with E-state index in [-0.39, 0.29) is 23.7 Å². The molecule has 4 heteroatoms. The smallest absolute Gasteiger partial charge is 0.178 e. The molecule has 0 aliphatic rings. The SMILES string of the molecule is COc1c(O)cc(C(C)(C)CO)cc1C#N. The van der Waals surface area contributed by atoms with Crippen molar-refractivity contribution in [3.05, 3.63) is 23.3 Å². The van der Waals surface area contributed by atoms with E-state index in [4.69, 9.17) is 10.00 Å². The minimum absolute atomic E-state index is 0.0658. The van der Waals surface area contributed by atoms with Gasteiger partial charge in [-0.15, -0.1) is 0 Å². The van der Waals surface area contributed by atoms with Crippen LogP contribution in [0.4, 0.5) is 0 Å². The van der Waals surface area contributed by atoms with Crippen molar-refractivity contribution in [1.29, 1.82) is 5.26 Å². The van der Waals surface area contributed by atoms with Crippen LogP contribution in [0.5, 0.6) is 11.5 Å². The average Bonchev–Trinajstić information content (AvgIpc) is 2.27. The summed E-state index contributed by atoms with van der Waals surface area (Å²) in [5.41, 5.74) is 0.457. The first kappa shape index (κ1) is 12.3. The van der Waals surface area contributed by atoms with Crippen LogP contribution in [0.25, 0.3) is 0 Å². The third-order valence-corrected chi connectivity index (χ3v) is 2.57. The van der Waals surface area contributed by atoms with Gasteiger partial charge in [-0.1, -0.05) is 13.8 Å². The third-order valence-electron chi connectivity index (χ3n) is 2.57. The highest BCUT2D eigenvalue weighted by Crippen LogP contribution is 2.35. The van der Waals surface area contributed by atoms with Crippen molar-refractivity contribution in [2.45, 2.75) is 19.3 Å². The number of phenols is 1. The summed E-state index contributed by atoms with van der Waals surface area (Å²) in [7, 11) is 1.40. The predicted octanol–water partition coefficient (Wildman–Crippen LogP) is 1.54. The standard InChI is InChI=1S/C12H15NO3/c1-12(2,7-14)9-4-8(6-13)11(16-3)10(15)5-9/h4-5,14-15H,7H2,1-3H3. The van der Waals surface area contributed by atoms with E-state index in [9.17, 15) is 10.2 Å². The molecule has 0 atom stereocenters. The lowest BCUT2D eigenvalue weighted by atomic mass is 9.84. The van der Waals surface area contributed by atoms with Crippen LogP contribution in [0.2, 0.25) is 0 Å². The number of benzene rings is 1. The van der Waals surface area contributed by atoms with Gasteiger partial charge >= 0.3 is 0 Å². The summed E-state index contributed by atoms with van der Waals surface area (Å²) in [6.07, 6.45) is 0. The van der Waals surface area contributed by atoms with Gasteiger partial charge < -0.3 is 14.9 Å². The summed E-state index contributed by atoms with van der Waals surface area (Å²) in [4.78, 5) is 0. The van der Waals surface area contributed by atoms with Crippen LogP contribution in [0.3, 0.4) is 0 Å². The molecule has 1 aromatic rings. The number of hydrogen-bond donors (Lipinski definition) is 2. The van der Waals surface area contributed by atoms with Gasteiger partial charge in [0.05, 0.1) is 19.3 Å². The highest BCUT2D eigenvalue weighted by Gasteiger charge is 2.23. The van der Waals surface area contributed by atoms with Gasteiger partial charge in [0.2, 0.25) is 0 Å². The van der Waals surface area contributed by atoms with Crippen LogP contribution in [-0.2, 0) is 5.41 Å². The molecule has 0 amide bonds.